The van der Waals surface area contributed by atoms with Gasteiger partial charge in [0.25, 0.3) is 0 Å². The lowest BCUT2D eigenvalue weighted by atomic mass is 10.1. The maximum absolute atomic E-state index is 4.10. The molecule has 0 bridgehead atoms. The molecular weight excluding hydrogens is 246 g/mol. The van der Waals surface area contributed by atoms with Crippen molar-refractivity contribution in [2.75, 3.05) is 5.32 Å². The van der Waals surface area contributed by atoms with E-state index in [4.69, 9.17) is 0 Å². The molecule has 100 valence electrons. The Morgan fingerprint density at radius 3 is 2.95 bits per heavy atom. The average Bonchev–Trinajstić information content (AvgIpc) is 3.23. The first-order chi connectivity index (χ1) is 9.90. The van der Waals surface area contributed by atoms with Crippen LogP contribution in [0.4, 0.5) is 5.69 Å². The topological polar surface area (TPSA) is 40.7 Å². The smallest absolute Gasteiger partial charge is 0.0671 e. The maximum atomic E-state index is 4.10. The Bertz CT molecular complexity index is 741. The van der Waals surface area contributed by atoms with Crippen molar-refractivity contribution < 1.29 is 0 Å². The highest BCUT2D eigenvalue weighted by Gasteiger charge is 2.23. The zero-order valence-electron chi connectivity index (χ0n) is 11.3. The van der Waals surface area contributed by atoms with E-state index < -0.39 is 0 Å². The third kappa shape index (κ3) is 2.16. The maximum Gasteiger partial charge on any atom is 0.0671 e. The second-order valence-corrected chi connectivity index (χ2v) is 5.51. The van der Waals surface area contributed by atoms with Crippen molar-refractivity contribution >= 4 is 16.6 Å². The molecule has 2 N–H and O–H groups in total. The first-order valence-electron chi connectivity index (χ1n) is 7.15. The molecule has 0 amide bonds. The lowest BCUT2D eigenvalue weighted by Gasteiger charge is -2.09. The van der Waals surface area contributed by atoms with Crippen LogP contribution in [0.5, 0.6) is 0 Å². The highest BCUT2D eigenvalue weighted by Crippen LogP contribution is 2.40. The Kier molecular flexibility index (Phi) is 2.69. The average molecular weight is 263 g/mol. The number of fused-ring (bicyclic) bond motifs is 1. The van der Waals surface area contributed by atoms with Crippen LogP contribution in [0.15, 0.2) is 48.7 Å². The van der Waals surface area contributed by atoms with E-state index in [9.17, 15) is 0 Å². The number of H-pyrrole nitrogens is 1. The van der Waals surface area contributed by atoms with Gasteiger partial charge in [0.15, 0.2) is 0 Å². The van der Waals surface area contributed by atoms with Crippen LogP contribution < -0.4 is 5.32 Å². The summed E-state index contributed by atoms with van der Waals surface area (Å²) in [5, 5.41) is 11.8. The molecule has 3 heteroatoms. The van der Waals surface area contributed by atoms with Gasteiger partial charge in [-0.25, -0.2) is 0 Å². The molecule has 1 heterocycles. The Morgan fingerprint density at radius 1 is 1.15 bits per heavy atom. The molecule has 1 aromatic heterocycles. The van der Waals surface area contributed by atoms with Crippen molar-refractivity contribution in [1.82, 2.24) is 10.2 Å². The van der Waals surface area contributed by atoms with Gasteiger partial charge in [0.05, 0.1) is 11.7 Å². The predicted molar refractivity (Wildman–Crippen MR) is 81.8 cm³/mol. The van der Waals surface area contributed by atoms with Crippen molar-refractivity contribution in [2.24, 2.45) is 0 Å². The van der Waals surface area contributed by atoms with Crippen LogP contribution in [0.25, 0.3) is 10.9 Å². The van der Waals surface area contributed by atoms with Gasteiger partial charge >= 0.3 is 0 Å². The quantitative estimate of drug-likeness (QED) is 0.745. The monoisotopic (exact) mass is 263 g/mol. The second kappa shape index (κ2) is 4.67. The number of nitrogens with zero attached hydrogens (tertiary/aromatic N) is 1. The molecular formula is C17H17N3. The Labute approximate surface area is 118 Å². The van der Waals surface area contributed by atoms with E-state index in [1.165, 1.54) is 24.0 Å². The van der Waals surface area contributed by atoms with Crippen molar-refractivity contribution in [3.63, 3.8) is 0 Å². The summed E-state index contributed by atoms with van der Waals surface area (Å²) < 4.78 is 0. The lowest BCUT2D eigenvalue weighted by Crippen LogP contribution is -2.00. The standard InChI is InChI=1S/C17H17N3/c1-3-12(9-14(4-1)13-7-8-13)10-18-16-5-2-6-17-15(16)11-19-20-17/h1-6,9,11,13,18H,7-8,10H2,(H,19,20). The number of hydrogen-bond acceptors (Lipinski definition) is 2. The first-order valence-corrected chi connectivity index (χ1v) is 7.15. The lowest BCUT2D eigenvalue weighted by molar-refractivity contribution is 1.09. The minimum Gasteiger partial charge on any atom is -0.380 e. The van der Waals surface area contributed by atoms with E-state index in [2.05, 4.69) is 45.8 Å². The molecule has 1 fully saturated rings. The Hall–Kier alpha value is -2.29. The molecule has 1 saturated carbocycles. The molecule has 0 aliphatic heterocycles. The Balaban J connectivity index is 1.55. The van der Waals surface area contributed by atoms with Crippen molar-refractivity contribution in [3.8, 4) is 0 Å². The van der Waals surface area contributed by atoms with Gasteiger partial charge in [-0.2, -0.15) is 5.10 Å². The summed E-state index contributed by atoms with van der Waals surface area (Å²) in [6, 6.07) is 15.1. The third-order valence-corrected chi connectivity index (χ3v) is 3.97. The van der Waals surface area contributed by atoms with E-state index in [1.807, 2.05) is 18.3 Å². The fraction of sp³-hybridized carbons (Fsp3) is 0.235. The predicted octanol–water partition coefficient (Wildman–Crippen LogP) is 4.05. The molecule has 20 heavy (non-hydrogen) atoms. The van der Waals surface area contributed by atoms with Crippen LogP contribution in [-0.2, 0) is 6.54 Å². The molecule has 3 aromatic rings. The van der Waals surface area contributed by atoms with E-state index >= 15 is 0 Å². The molecule has 0 saturated heterocycles. The van der Waals surface area contributed by atoms with Gasteiger partial charge in [0, 0.05) is 17.6 Å². The fourth-order valence-corrected chi connectivity index (χ4v) is 2.69. The number of nitrogens with one attached hydrogen (secondary N) is 2. The van der Waals surface area contributed by atoms with Gasteiger partial charge in [0.1, 0.15) is 0 Å². The molecule has 1 aliphatic carbocycles. The summed E-state index contributed by atoms with van der Waals surface area (Å²) in [6.45, 7) is 0.852. The molecule has 0 unspecified atom stereocenters. The molecule has 4 rings (SSSR count). The van der Waals surface area contributed by atoms with Crippen LogP contribution in [0, 0.1) is 0 Å². The number of rotatable bonds is 4. The van der Waals surface area contributed by atoms with Gasteiger partial charge in [-0.1, -0.05) is 30.3 Å². The van der Waals surface area contributed by atoms with Gasteiger partial charge < -0.3 is 5.32 Å². The Morgan fingerprint density at radius 2 is 2.05 bits per heavy atom. The van der Waals surface area contributed by atoms with Gasteiger partial charge in [-0.15, -0.1) is 0 Å². The van der Waals surface area contributed by atoms with E-state index in [-0.39, 0.29) is 0 Å². The molecule has 3 nitrogen and oxygen atoms in total. The van der Waals surface area contributed by atoms with Crippen LogP contribution in [0.1, 0.15) is 29.9 Å². The summed E-state index contributed by atoms with van der Waals surface area (Å²) in [7, 11) is 0. The number of aromatic amines is 1. The first kappa shape index (κ1) is 11.5. The van der Waals surface area contributed by atoms with Gasteiger partial charge in [-0.3, -0.25) is 5.10 Å². The number of benzene rings is 2. The molecule has 0 spiro atoms. The zero-order chi connectivity index (χ0) is 13.4. The zero-order valence-corrected chi connectivity index (χ0v) is 11.3. The van der Waals surface area contributed by atoms with Gasteiger partial charge in [-0.05, 0) is 42.0 Å². The number of anilines is 1. The minimum absolute atomic E-state index is 0.812. The molecule has 0 atom stereocenters. The van der Waals surface area contributed by atoms with Crippen LogP contribution in [0.2, 0.25) is 0 Å². The molecule has 0 radical (unpaired) electrons. The van der Waals surface area contributed by atoms with E-state index in [0.29, 0.717) is 0 Å². The third-order valence-electron chi connectivity index (χ3n) is 3.97. The van der Waals surface area contributed by atoms with E-state index in [1.54, 1.807) is 0 Å². The number of aromatic nitrogens is 2. The minimum atomic E-state index is 0.812. The second-order valence-electron chi connectivity index (χ2n) is 5.51. The van der Waals surface area contributed by atoms with Crippen molar-refractivity contribution in [3.05, 3.63) is 59.8 Å². The number of hydrogen-bond donors (Lipinski definition) is 2. The van der Waals surface area contributed by atoms with Crippen LogP contribution >= 0.6 is 0 Å². The largest absolute Gasteiger partial charge is 0.380 e. The summed E-state index contributed by atoms with van der Waals surface area (Å²) >= 11 is 0. The summed E-state index contributed by atoms with van der Waals surface area (Å²) in [4.78, 5) is 0. The van der Waals surface area contributed by atoms with E-state index in [0.717, 1.165) is 29.1 Å². The SMILES string of the molecule is c1cc(CNc2cccc3[nH]ncc23)cc(C2CC2)c1. The normalized spacial score (nSPS) is 14.6. The van der Waals surface area contributed by atoms with Crippen molar-refractivity contribution in [2.45, 2.75) is 25.3 Å². The van der Waals surface area contributed by atoms with Crippen molar-refractivity contribution in [1.29, 1.82) is 0 Å². The highest BCUT2D eigenvalue weighted by molar-refractivity contribution is 5.90. The summed E-state index contributed by atoms with van der Waals surface area (Å²) in [6.07, 6.45) is 4.58. The van der Waals surface area contributed by atoms with Crippen LogP contribution in [0.3, 0.4) is 0 Å². The summed E-state index contributed by atoms with van der Waals surface area (Å²) in [5.41, 5.74) is 5.04. The van der Waals surface area contributed by atoms with Gasteiger partial charge in [0.2, 0.25) is 0 Å². The van der Waals surface area contributed by atoms with Crippen LogP contribution in [-0.4, -0.2) is 10.2 Å². The highest BCUT2D eigenvalue weighted by atomic mass is 15.1. The fourth-order valence-electron chi connectivity index (χ4n) is 2.69. The molecule has 1 aliphatic rings. The summed E-state index contributed by atoms with van der Waals surface area (Å²) in [5.74, 6) is 0.812. The molecule has 2 aromatic carbocycles.